The summed E-state index contributed by atoms with van der Waals surface area (Å²) in [6.45, 7) is 8.37. The number of aryl methyl sites for hydroxylation is 1. The van der Waals surface area contributed by atoms with Gasteiger partial charge in [0, 0.05) is 0 Å². The molecule has 0 aromatic heterocycles. The van der Waals surface area contributed by atoms with Crippen LogP contribution in [0.1, 0.15) is 56.6 Å². The topological polar surface area (TPSA) is 0 Å². The summed E-state index contributed by atoms with van der Waals surface area (Å²) in [7, 11) is 0. The van der Waals surface area contributed by atoms with Gasteiger partial charge < -0.3 is 0 Å². The van der Waals surface area contributed by atoms with Gasteiger partial charge in [-0.3, -0.25) is 0 Å². The van der Waals surface area contributed by atoms with Crippen molar-refractivity contribution < 1.29 is 0 Å². The molecule has 0 N–H and O–H groups in total. The van der Waals surface area contributed by atoms with E-state index in [1.54, 1.807) is 0 Å². The standard InChI is InChI=1S/C15H23/c1-4-5-6-7-9-14-10-8-11-15(12-14)13(2)3/h8,10-13H,1,4-7,9H2,2-3H3. The molecule has 0 unspecified atom stereocenters. The molecule has 1 aromatic carbocycles. The molecule has 0 saturated heterocycles. The molecular formula is C15H23. The van der Waals surface area contributed by atoms with E-state index < -0.39 is 0 Å². The van der Waals surface area contributed by atoms with Gasteiger partial charge in [-0.2, -0.15) is 0 Å². The van der Waals surface area contributed by atoms with E-state index in [2.05, 4.69) is 45.0 Å². The molecule has 1 radical (unpaired) electrons. The average molecular weight is 203 g/mol. The molecule has 1 aromatic rings. The molecule has 0 atom stereocenters. The number of rotatable bonds is 6. The second kappa shape index (κ2) is 6.66. The van der Waals surface area contributed by atoms with Crippen molar-refractivity contribution in [3.63, 3.8) is 0 Å². The summed E-state index contributed by atoms with van der Waals surface area (Å²) >= 11 is 0. The number of hydrogen-bond acceptors (Lipinski definition) is 0. The second-order valence-corrected chi connectivity index (χ2v) is 4.56. The fourth-order valence-corrected chi connectivity index (χ4v) is 1.79. The summed E-state index contributed by atoms with van der Waals surface area (Å²) in [5.74, 6) is 0.643. The minimum Gasteiger partial charge on any atom is -0.0617 e. The van der Waals surface area contributed by atoms with E-state index in [4.69, 9.17) is 0 Å². The Morgan fingerprint density at radius 1 is 1.13 bits per heavy atom. The first-order chi connectivity index (χ1) is 7.24. The van der Waals surface area contributed by atoms with Gasteiger partial charge in [-0.1, -0.05) is 64.3 Å². The van der Waals surface area contributed by atoms with Gasteiger partial charge in [-0.25, -0.2) is 0 Å². The minimum absolute atomic E-state index is 0.643. The van der Waals surface area contributed by atoms with Crippen LogP contribution >= 0.6 is 0 Å². The van der Waals surface area contributed by atoms with E-state index in [-0.39, 0.29) is 0 Å². The van der Waals surface area contributed by atoms with Gasteiger partial charge in [0.2, 0.25) is 0 Å². The van der Waals surface area contributed by atoms with Crippen molar-refractivity contribution in [3.8, 4) is 0 Å². The van der Waals surface area contributed by atoms with Crippen LogP contribution in [0, 0.1) is 6.92 Å². The summed E-state index contributed by atoms with van der Waals surface area (Å²) in [6.07, 6.45) is 6.18. The van der Waals surface area contributed by atoms with Crippen LogP contribution in [0.3, 0.4) is 0 Å². The van der Waals surface area contributed by atoms with Gasteiger partial charge in [0.05, 0.1) is 0 Å². The highest BCUT2D eigenvalue weighted by atomic mass is 14.1. The van der Waals surface area contributed by atoms with Crippen LogP contribution in [0.2, 0.25) is 0 Å². The first-order valence-corrected chi connectivity index (χ1v) is 6.12. The summed E-state index contributed by atoms with van der Waals surface area (Å²) < 4.78 is 0. The lowest BCUT2D eigenvalue weighted by atomic mass is 9.98. The van der Waals surface area contributed by atoms with Gasteiger partial charge >= 0.3 is 0 Å². The number of benzene rings is 1. The first kappa shape index (κ1) is 12.3. The lowest BCUT2D eigenvalue weighted by Gasteiger charge is -2.07. The quantitative estimate of drug-likeness (QED) is 0.585. The minimum atomic E-state index is 0.643. The van der Waals surface area contributed by atoms with E-state index in [0.717, 1.165) is 6.42 Å². The van der Waals surface area contributed by atoms with E-state index in [9.17, 15) is 0 Å². The van der Waals surface area contributed by atoms with Crippen molar-refractivity contribution in [2.24, 2.45) is 0 Å². The Hall–Kier alpha value is -0.780. The van der Waals surface area contributed by atoms with Crippen LogP contribution in [-0.2, 0) is 6.42 Å². The van der Waals surface area contributed by atoms with Crippen molar-refractivity contribution >= 4 is 0 Å². The third-order valence-corrected chi connectivity index (χ3v) is 2.83. The van der Waals surface area contributed by atoms with E-state index in [0.29, 0.717) is 5.92 Å². The van der Waals surface area contributed by atoms with Gasteiger partial charge in [0.15, 0.2) is 0 Å². The highest BCUT2D eigenvalue weighted by molar-refractivity contribution is 5.25. The molecule has 0 aliphatic carbocycles. The predicted octanol–water partition coefficient (Wildman–Crippen LogP) is 4.75. The highest BCUT2D eigenvalue weighted by Crippen LogP contribution is 2.17. The van der Waals surface area contributed by atoms with Crippen molar-refractivity contribution in [1.29, 1.82) is 0 Å². The second-order valence-electron chi connectivity index (χ2n) is 4.56. The number of unbranched alkanes of at least 4 members (excludes halogenated alkanes) is 3. The maximum atomic E-state index is 3.87. The third kappa shape index (κ3) is 4.51. The Labute approximate surface area is 94.7 Å². The van der Waals surface area contributed by atoms with Gasteiger partial charge in [0.1, 0.15) is 0 Å². The molecule has 0 nitrogen and oxygen atoms in total. The van der Waals surface area contributed by atoms with Crippen LogP contribution in [0.5, 0.6) is 0 Å². The summed E-state index contributed by atoms with van der Waals surface area (Å²) in [5.41, 5.74) is 2.95. The molecule has 0 aliphatic rings. The maximum absolute atomic E-state index is 3.87. The highest BCUT2D eigenvalue weighted by Gasteiger charge is 1.99. The van der Waals surface area contributed by atoms with E-state index >= 15 is 0 Å². The molecule has 0 heteroatoms. The molecule has 0 fully saturated rings. The van der Waals surface area contributed by atoms with Crippen LogP contribution in [-0.4, -0.2) is 0 Å². The first-order valence-electron chi connectivity index (χ1n) is 6.12. The summed E-state index contributed by atoms with van der Waals surface area (Å²) in [4.78, 5) is 0. The van der Waals surface area contributed by atoms with Crippen LogP contribution in [0.15, 0.2) is 24.3 Å². The van der Waals surface area contributed by atoms with Crippen molar-refractivity contribution in [2.45, 2.75) is 51.9 Å². The van der Waals surface area contributed by atoms with Crippen molar-refractivity contribution in [2.75, 3.05) is 0 Å². The van der Waals surface area contributed by atoms with Crippen LogP contribution in [0.4, 0.5) is 0 Å². The molecular weight excluding hydrogens is 180 g/mol. The molecule has 1 rings (SSSR count). The zero-order chi connectivity index (χ0) is 11.1. The van der Waals surface area contributed by atoms with Crippen LogP contribution < -0.4 is 0 Å². The fourth-order valence-electron chi connectivity index (χ4n) is 1.79. The zero-order valence-corrected chi connectivity index (χ0v) is 10.1. The lowest BCUT2D eigenvalue weighted by Crippen LogP contribution is -1.91. The molecule has 0 heterocycles. The average Bonchev–Trinajstić information content (AvgIpc) is 2.25. The Kier molecular flexibility index (Phi) is 5.45. The van der Waals surface area contributed by atoms with Crippen molar-refractivity contribution in [1.82, 2.24) is 0 Å². The fraction of sp³-hybridized carbons (Fsp3) is 0.533. The normalized spacial score (nSPS) is 10.9. The Morgan fingerprint density at radius 3 is 2.60 bits per heavy atom. The number of hydrogen-bond donors (Lipinski definition) is 0. The predicted molar refractivity (Wildman–Crippen MR) is 68.1 cm³/mol. The van der Waals surface area contributed by atoms with E-state index in [1.807, 2.05) is 0 Å². The Morgan fingerprint density at radius 2 is 1.93 bits per heavy atom. The maximum Gasteiger partial charge on any atom is -0.0219 e. The summed E-state index contributed by atoms with van der Waals surface area (Å²) in [6, 6.07) is 9.01. The molecule has 15 heavy (non-hydrogen) atoms. The largest absolute Gasteiger partial charge is 0.0617 e. The third-order valence-electron chi connectivity index (χ3n) is 2.83. The van der Waals surface area contributed by atoms with Crippen molar-refractivity contribution in [3.05, 3.63) is 42.3 Å². The Bertz CT molecular complexity index is 273. The molecule has 0 spiro atoms. The van der Waals surface area contributed by atoms with Crippen LogP contribution in [0.25, 0.3) is 0 Å². The zero-order valence-electron chi connectivity index (χ0n) is 10.1. The van der Waals surface area contributed by atoms with Gasteiger partial charge in [0.25, 0.3) is 0 Å². The van der Waals surface area contributed by atoms with Gasteiger partial charge in [-0.15, -0.1) is 0 Å². The molecule has 0 aliphatic heterocycles. The SMILES string of the molecule is [CH2]CCCCCc1cccc(C(C)C)c1. The van der Waals surface area contributed by atoms with E-state index in [1.165, 1.54) is 36.8 Å². The molecule has 0 bridgehead atoms. The lowest BCUT2D eigenvalue weighted by molar-refractivity contribution is 0.685. The van der Waals surface area contributed by atoms with Gasteiger partial charge in [-0.05, 0) is 29.9 Å². The monoisotopic (exact) mass is 203 g/mol. The Balaban J connectivity index is 2.43. The summed E-state index contributed by atoms with van der Waals surface area (Å²) in [5, 5.41) is 0. The molecule has 0 saturated carbocycles. The molecule has 83 valence electrons. The smallest absolute Gasteiger partial charge is 0.0219 e. The molecule has 0 amide bonds.